The van der Waals surface area contributed by atoms with Gasteiger partial charge in [-0.3, -0.25) is 4.79 Å². The van der Waals surface area contributed by atoms with Crippen molar-refractivity contribution in [1.29, 1.82) is 0 Å². The van der Waals surface area contributed by atoms with E-state index in [-0.39, 0.29) is 18.6 Å². The summed E-state index contributed by atoms with van der Waals surface area (Å²) in [4.78, 5) is 12.0. The zero-order valence-electron chi connectivity index (χ0n) is 14.1. The van der Waals surface area contributed by atoms with Crippen molar-refractivity contribution in [3.05, 3.63) is 53.6 Å². The second-order valence-corrected chi connectivity index (χ2v) is 5.80. The van der Waals surface area contributed by atoms with E-state index >= 15 is 0 Å². The van der Waals surface area contributed by atoms with Crippen molar-refractivity contribution in [3.8, 4) is 11.5 Å². The molecule has 0 fully saturated rings. The molecule has 0 heterocycles. The first-order valence-corrected chi connectivity index (χ1v) is 7.70. The van der Waals surface area contributed by atoms with Crippen LogP contribution in [0.25, 0.3) is 0 Å². The number of benzene rings is 2. The molecule has 1 amide bonds. The first kappa shape index (κ1) is 16.9. The molecule has 0 aliphatic carbocycles. The van der Waals surface area contributed by atoms with Crippen LogP contribution in [0.3, 0.4) is 0 Å². The molecular formula is C19H23NO3. The predicted molar refractivity (Wildman–Crippen MR) is 92.2 cm³/mol. The van der Waals surface area contributed by atoms with Crippen LogP contribution in [0.1, 0.15) is 25.0 Å². The molecule has 0 aliphatic heterocycles. The number of amides is 1. The SMILES string of the molecule is Cc1ccc(C)c(OCC(=O)Nc2cccc(OC(C)C)c2)c1. The fraction of sp³-hybridized carbons (Fsp3) is 0.316. The number of anilines is 1. The lowest BCUT2D eigenvalue weighted by Crippen LogP contribution is -2.20. The number of ether oxygens (including phenoxy) is 2. The summed E-state index contributed by atoms with van der Waals surface area (Å²) in [5.74, 6) is 1.26. The van der Waals surface area contributed by atoms with Gasteiger partial charge < -0.3 is 14.8 Å². The molecule has 0 unspecified atom stereocenters. The topological polar surface area (TPSA) is 47.6 Å². The quantitative estimate of drug-likeness (QED) is 0.873. The van der Waals surface area contributed by atoms with E-state index in [1.165, 1.54) is 0 Å². The highest BCUT2D eigenvalue weighted by atomic mass is 16.5. The molecule has 0 saturated carbocycles. The van der Waals surface area contributed by atoms with Crippen LogP contribution in [0.15, 0.2) is 42.5 Å². The van der Waals surface area contributed by atoms with Gasteiger partial charge in [0.1, 0.15) is 11.5 Å². The van der Waals surface area contributed by atoms with Crippen LogP contribution in [0, 0.1) is 13.8 Å². The molecule has 1 N–H and O–H groups in total. The van der Waals surface area contributed by atoms with Crippen LogP contribution in [0.5, 0.6) is 11.5 Å². The van der Waals surface area contributed by atoms with Crippen molar-refractivity contribution >= 4 is 11.6 Å². The Balaban J connectivity index is 1.93. The molecule has 2 aromatic carbocycles. The fourth-order valence-electron chi connectivity index (χ4n) is 2.12. The van der Waals surface area contributed by atoms with Gasteiger partial charge in [-0.15, -0.1) is 0 Å². The molecule has 4 nitrogen and oxygen atoms in total. The minimum Gasteiger partial charge on any atom is -0.491 e. The van der Waals surface area contributed by atoms with Gasteiger partial charge in [-0.2, -0.15) is 0 Å². The molecule has 2 rings (SSSR count). The Hall–Kier alpha value is -2.49. The van der Waals surface area contributed by atoms with Gasteiger partial charge in [-0.05, 0) is 57.0 Å². The Bertz CT molecular complexity index is 680. The maximum Gasteiger partial charge on any atom is 0.262 e. The molecule has 0 atom stereocenters. The molecule has 0 saturated heterocycles. The highest BCUT2D eigenvalue weighted by Crippen LogP contribution is 2.20. The summed E-state index contributed by atoms with van der Waals surface area (Å²) in [5.41, 5.74) is 2.80. The third-order valence-corrected chi connectivity index (χ3v) is 3.19. The summed E-state index contributed by atoms with van der Waals surface area (Å²) in [6, 6.07) is 13.3. The number of carbonyl (C=O) groups excluding carboxylic acids is 1. The van der Waals surface area contributed by atoms with Gasteiger partial charge in [0.25, 0.3) is 5.91 Å². The maximum absolute atomic E-state index is 12.0. The van der Waals surface area contributed by atoms with E-state index in [2.05, 4.69) is 5.32 Å². The largest absolute Gasteiger partial charge is 0.491 e. The molecule has 0 aromatic heterocycles. The molecule has 122 valence electrons. The number of aryl methyl sites for hydroxylation is 2. The third-order valence-electron chi connectivity index (χ3n) is 3.19. The zero-order chi connectivity index (χ0) is 16.8. The Morgan fingerprint density at radius 3 is 2.65 bits per heavy atom. The molecule has 0 radical (unpaired) electrons. The average molecular weight is 313 g/mol. The van der Waals surface area contributed by atoms with Crippen LogP contribution in [-0.2, 0) is 4.79 Å². The van der Waals surface area contributed by atoms with Gasteiger partial charge in [0.05, 0.1) is 6.10 Å². The normalized spacial score (nSPS) is 10.5. The third kappa shape index (κ3) is 5.33. The highest BCUT2D eigenvalue weighted by Gasteiger charge is 2.07. The standard InChI is InChI=1S/C19H23NO3/c1-13(2)23-17-7-5-6-16(11-17)20-19(21)12-22-18-10-14(3)8-9-15(18)4/h5-11,13H,12H2,1-4H3,(H,20,21). The van der Waals surface area contributed by atoms with Crippen LogP contribution >= 0.6 is 0 Å². The van der Waals surface area contributed by atoms with Crippen molar-refractivity contribution in [2.24, 2.45) is 0 Å². The highest BCUT2D eigenvalue weighted by molar-refractivity contribution is 5.92. The van der Waals surface area contributed by atoms with Crippen molar-refractivity contribution in [1.82, 2.24) is 0 Å². The van der Waals surface area contributed by atoms with Gasteiger partial charge >= 0.3 is 0 Å². The van der Waals surface area contributed by atoms with E-state index < -0.39 is 0 Å². The summed E-state index contributed by atoms with van der Waals surface area (Å²) >= 11 is 0. The minimum atomic E-state index is -0.201. The molecule has 0 bridgehead atoms. The van der Waals surface area contributed by atoms with E-state index in [9.17, 15) is 4.79 Å². The Morgan fingerprint density at radius 1 is 1.13 bits per heavy atom. The Labute approximate surface area is 137 Å². The van der Waals surface area contributed by atoms with E-state index in [1.54, 1.807) is 6.07 Å². The lowest BCUT2D eigenvalue weighted by atomic mass is 10.1. The molecule has 0 spiro atoms. The number of hydrogen-bond donors (Lipinski definition) is 1. The van der Waals surface area contributed by atoms with Crippen molar-refractivity contribution in [2.75, 3.05) is 11.9 Å². The van der Waals surface area contributed by atoms with Crippen LogP contribution in [0.4, 0.5) is 5.69 Å². The lowest BCUT2D eigenvalue weighted by molar-refractivity contribution is -0.118. The van der Waals surface area contributed by atoms with Crippen LogP contribution < -0.4 is 14.8 Å². The molecule has 23 heavy (non-hydrogen) atoms. The predicted octanol–water partition coefficient (Wildman–Crippen LogP) is 4.11. The van der Waals surface area contributed by atoms with Gasteiger partial charge in [0.2, 0.25) is 0 Å². The number of carbonyl (C=O) groups is 1. The molecule has 4 heteroatoms. The average Bonchev–Trinajstić information content (AvgIpc) is 2.48. The van der Waals surface area contributed by atoms with Crippen LogP contribution in [-0.4, -0.2) is 18.6 Å². The Morgan fingerprint density at radius 2 is 1.91 bits per heavy atom. The molecule has 0 aliphatic rings. The van der Waals surface area contributed by atoms with Gasteiger partial charge in [-0.25, -0.2) is 0 Å². The number of nitrogens with one attached hydrogen (secondary N) is 1. The van der Waals surface area contributed by atoms with Crippen molar-refractivity contribution in [3.63, 3.8) is 0 Å². The monoisotopic (exact) mass is 313 g/mol. The summed E-state index contributed by atoms with van der Waals surface area (Å²) in [7, 11) is 0. The minimum absolute atomic E-state index is 0.0282. The van der Waals surface area contributed by atoms with Gasteiger partial charge in [0.15, 0.2) is 6.61 Å². The summed E-state index contributed by atoms with van der Waals surface area (Å²) in [6.45, 7) is 7.85. The van der Waals surface area contributed by atoms with Gasteiger partial charge in [0, 0.05) is 11.8 Å². The van der Waals surface area contributed by atoms with E-state index in [0.717, 1.165) is 22.6 Å². The first-order valence-electron chi connectivity index (χ1n) is 7.70. The maximum atomic E-state index is 12.0. The van der Waals surface area contributed by atoms with Gasteiger partial charge in [-0.1, -0.05) is 18.2 Å². The smallest absolute Gasteiger partial charge is 0.262 e. The van der Waals surface area contributed by atoms with E-state index in [0.29, 0.717) is 5.69 Å². The lowest BCUT2D eigenvalue weighted by Gasteiger charge is -2.12. The second kappa shape index (κ2) is 7.68. The van der Waals surface area contributed by atoms with Crippen molar-refractivity contribution in [2.45, 2.75) is 33.8 Å². The molecular weight excluding hydrogens is 290 g/mol. The van der Waals surface area contributed by atoms with E-state index in [4.69, 9.17) is 9.47 Å². The first-order chi connectivity index (χ1) is 10.9. The number of hydrogen-bond acceptors (Lipinski definition) is 3. The van der Waals surface area contributed by atoms with Crippen LogP contribution in [0.2, 0.25) is 0 Å². The van der Waals surface area contributed by atoms with Crippen molar-refractivity contribution < 1.29 is 14.3 Å². The van der Waals surface area contributed by atoms with E-state index in [1.807, 2.05) is 64.1 Å². The fourth-order valence-corrected chi connectivity index (χ4v) is 2.12. The Kier molecular flexibility index (Phi) is 5.63. The second-order valence-electron chi connectivity index (χ2n) is 5.80. The summed E-state index contributed by atoms with van der Waals surface area (Å²) < 4.78 is 11.2. The summed E-state index contributed by atoms with van der Waals surface area (Å²) in [6.07, 6.45) is 0.0913. The molecule has 2 aromatic rings. The number of rotatable bonds is 6. The zero-order valence-corrected chi connectivity index (χ0v) is 14.1. The summed E-state index contributed by atoms with van der Waals surface area (Å²) in [5, 5.41) is 2.82.